The third-order valence-corrected chi connectivity index (χ3v) is 6.43. The lowest BCUT2D eigenvalue weighted by molar-refractivity contribution is -0.00827. The summed E-state index contributed by atoms with van der Waals surface area (Å²) in [5.74, 6) is 0.667. The summed E-state index contributed by atoms with van der Waals surface area (Å²) in [6.07, 6.45) is -0.0326. The van der Waals surface area contributed by atoms with Crippen LogP contribution in [0.15, 0.2) is 59.6 Å². The lowest BCUT2D eigenvalue weighted by Crippen LogP contribution is -2.49. The standard InChI is InChI=1S/C22H30N4O3S/c1-18-8-6-7-11-20(18)21-17-26(13-14-29-21)22(23-2)24-12-15-30(27,28)25-16-19-9-4-3-5-10-19/h3-11,21,25H,12-17H2,1-2H3,(H,23,24). The Morgan fingerprint density at radius 1 is 1.17 bits per heavy atom. The third-order valence-electron chi connectivity index (χ3n) is 5.11. The summed E-state index contributed by atoms with van der Waals surface area (Å²) in [5.41, 5.74) is 3.30. The molecule has 1 saturated heterocycles. The van der Waals surface area contributed by atoms with E-state index in [2.05, 4.69) is 39.0 Å². The van der Waals surface area contributed by atoms with E-state index in [1.807, 2.05) is 42.5 Å². The van der Waals surface area contributed by atoms with Gasteiger partial charge in [0.25, 0.3) is 0 Å². The molecule has 1 fully saturated rings. The first-order valence-corrected chi connectivity index (χ1v) is 11.8. The van der Waals surface area contributed by atoms with Gasteiger partial charge in [0.05, 0.1) is 18.9 Å². The monoisotopic (exact) mass is 430 g/mol. The van der Waals surface area contributed by atoms with Crippen molar-refractivity contribution >= 4 is 16.0 Å². The number of nitrogens with one attached hydrogen (secondary N) is 2. The highest BCUT2D eigenvalue weighted by Gasteiger charge is 2.25. The molecule has 0 amide bonds. The van der Waals surface area contributed by atoms with Crippen molar-refractivity contribution in [2.45, 2.75) is 19.6 Å². The van der Waals surface area contributed by atoms with E-state index in [1.165, 1.54) is 11.1 Å². The van der Waals surface area contributed by atoms with Gasteiger partial charge in [0.2, 0.25) is 10.0 Å². The molecule has 0 radical (unpaired) electrons. The fraction of sp³-hybridized carbons (Fsp3) is 0.409. The lowest BCUT2D eigenvalue weighted by atomic mass is 10.0. The molecule has 1 aliphatic heterocycles. The molecule has 3 rings (SSSR count). The second kappa shape index (κ2) is 10.6. The maximum absolute atomic E-state index is 12.3. The molecule has 1 aliphatic rings. The van der Waals surface area contributed by atoms with Crippen LogP contribution in [-0.2, 0) is 21.3 Å². The molecule has 0 bridgehead atoms. The Balaban J connectivity index is 1.51. The van der Waals surface area contributed by atoms with Crippen molar-refractivity contribution in [2.75, 3.05) is 39.0 Å². The van der Waals surface area contributed by atoms with E-state index in [-0.39, 0.29) is 18.4 Å². The third kappa shape index (κ3) is 6.29. The topological polar surface area (TPSA) is 83.0 Å². The molecular formula is C22H30N4O3S. The fourth-order valence-corrected chi connectivity index (χ4v) is 4.37. The average Bonchev–Trinajstić information content (AvgIpc) is 2.76. The molecule has 30 heavy (non-hydrogen) atoms. The lowest BCUT2D eigenvalue weighted by Gasteiger charge is -2.35. The first-order valence-electron chi connectivity index (χ1n) is 10.1. The smallest absolute Gasteiger partial charge is 0.213 e. The zero-order valence-corrected chi connectivity index (χ0v) is 18.4. The highest BCUT2D eigenvalue weighted by atomic mass is 32.2. The fourth-order valence-electron chi connectivity index (χ4n) is 3.47. The molecule has 8 heteroatoms. The zero-order chi connectivity index (χ0) is 21.4. The number of hydrogen-bond acceptors (Lipinski definition) is 4. The number of guanidine groups is 1. The zero-order valence-electron chi connectivity index (χ0n) is 17.5. The summed E-state index contributed by atoms with van der Waals surface area (Å²) in [6, 6.07) is 17.7. The summed E-state index contributed by atoms with van der Waals surface area (Å²) in [4.78, 5) is 6.45. The maximum atomic E-state index is 12.3. The number of morpholine rings is 1. The molecule has 0 aromatic heterocycles. The molecule has 0 aliphatic carbocycles. The Bertz CT molecular complexity index is 948. The quantitative estimate of drug-likeness (QED) is 0.519. The molecule has 0 spiro atoms. The Kier molecular flexibility index (Phi) is 7.84. The van der Waals surface area contributed by atoms with Crippen molar-refractivity contribution in [1.29, 1.82) is 0 Å². The Morgan fingerprint density at radius 3 is 2.63 bits per heavy atom. The second-order valence-electron chi connectivity index (χ2n) is 7.26. The number of hydrogen-bond donors (Lipinski definition) is 2. The van der Waals surface area contributed by atoms with E-state index in [0.29, 0.717) is 32.2 Å². The van der Waals surface area contributed by atoms with Gasteiger partial charge < -0.3 is 15.0 Å². The van der Waals surface area contributed by atoms with E-state index in [9.17, 15) is 8.42 Å². The van der Waals surface area contributed by atoms with Crippen LogP contribution < -0.4 is 10.0 Å². The van der Waals surface area contributed by atoms with Crippen molar-refractivity contribution in [3.63, 3.8) is 0 Å². The summed E-state index contributed by atoms with van der Waals surface area (Å²) < 4.78 is 33.2. The van der Waals surface area contributed by atoms with Crippen LogP contribution in [-0.4, -0.2) is 58.3 Å². The minimum atomic E-state index is -3.38. The van der Waals surface area contributed by atoms with Crippen molar-refractivity contribution in [2.24, 2.45) is 4.99 Å². The molecule has 2 aromatic carbocycles. The van der Waals surface area contributed by atoms with Crippen LogP contribution in [0.25, 0.3) is 0 Å². The van der Waals surface area contributed by atoms with E-state index in [0.717, 1.165) is 5.56 Å². The normalized spacial score (nSPS) is 17.7. The van der Waals surface area contributed by atoms with Crippen LogP contribution in [0.3, 0.4) is 0 Å². The molecule has 1 atom stereocenters. The van der Waals surface area contributed by atoms with Crippen LogP contribution in [0.2, 0.25) is 0 Å². The van der Waals surface area contributed by atoms with Crippen LogP contribution in [0.5, 0.6) is 0 Å². The van der Waals surface area contributed by atoms with Gasteiger partial charge in [-0.25, -0.2) is 13.1 Å². The van der Waals surface area contributed by atoms with Crippen LogP contribution in [0, 0.1) is 6.92 Å². The van der Waals surface area contributed by atoms with E-state index >= 15 is 0 Å². The van der Waals surface area contributed by atoms with Gasteiger partial charge in [-0.2, -0.15) is 0 Å². The molecule has 2 aromatic rings. The number of nitrogens with zero attached hydrogens (tertiary/aromatic N) is 2. The summed E-state index contributed by atoms with van der Waals surface area (Å²) in [5, 5.41) is 3.18. The number of aliphatic imine (C=N–C) groups is 1. The first kappa shape index (κ1) is 22.3. The van der Waals surface area contributed by atoms with E-state index < -0.39 is 10.0 Å². The SMILES string of the molecule is CN=C(NCCS(=O)(=O)NCc1ccccc1)N1CCOC(c2ccccc2C)C1. The summed E-state index contributed by atoms with van der Waals surface area (Å²) >= 11 is 0. The molecule has 1 unspecified atom stereocenters. The van der Waals surface area contributed by atoms with Gasteiger partial charge in [-0.3, -0.25) is 4.99 Å². The Morgan fingerprint density at radius 2 is 1.90 bits per heavy atom. The van der Waals surface area contributed by atoms with Crippen molar-refractivity contribution < 1.29 is 13.2 Å². The highest BCUT2D eigenvalue weighted by Crippen LogP contribution is 2.24. The summed E-state index contributed by atoms with van der Waals surface area (Å²) in [6.45, 7) is 4.63. The number of ether oxygens (including phenoxy) is 1. The highest BCUT2D eigenvalue weighted by molar-refractivity contribution is 7.89. The summed E-state index contributed by atoms with van der Waals surface area (Å²) in [7, 11) is -1.67. The molecule has 1 heterocycles. The molecule has 2 N–H and O–H groups in total. The second-order valence-corrected chi connectivity index (χ2v) is 9.19. The first-order chi connectivity index (χ1) is 14.5. The average molecular weight is 431 g/mol. The van der Waals surface area contributed by atoms with E-state index in [4.69, 9.17) is 4.74 Å². The van der Waals surface area contributed by atoms with Crippen molar-refractivity contribution in [3.05, 3.63) is 71.3 Å². The Labute approximate surface area is 179 Å². The van der Waals surface area contributed by atoms with Gasteiger partial charge in [-0.15, -0.1) is 0 Å². The van der Waals surface area contributed by atoms with Gasteiger partial charge in [-0.05, 0) is 23.6 Å². The number of rotatable bonds is 7. The van der Waals surface area contributed by atoms with E-state index in [1.54, 1.807) is 7.05 Å². The maximum Gasteiger partial charge on any atom is 0.213 e. The van der Waals surface area contributed by atoms with Crippen LogP contribution in [0.1, 0.15) is 22.8 Å². The number of sulfonamides is 1. The van der Waals surface area contributed by atoms with Gasteiger partial charge in [0.1, 0.15) is 6.10 Å². The number of benzene rings is 2. The predicted molar refractivity (Wildman–Crippen MR) is 120 cm³/mol. The van der Waals surface area contributed by atoms with Crippen molar-refractivity contribution in [3.8, 4) is 0 Å². The molecule has 0 saturated carbocycles. The van der Waals surface area contributed by atoms with Crippen LogP contribution in [0.4, 0.5) is 0 Å². The molecule has 162 valence electrons. The minimum Gasteiger partial charge on any atom is -0.370 e. The molecule has 7 nitrogen and oxygen atoms in total. The molecular weight excluding hydrogens is 400 g/mol. The van der Waals surface area contributed by atoms with Crippen molar-refractivity contribution in [1.82, 2.24) is 14.9 Å². The van der Waals surface area contributed by atoms with Gasteiger partial charge in [0.15, 0.2) is 5.96 Å². The van der Waals surface area contributed by atoms with Crippen LogP contribution >= 0.6 is 0 Å². The van der Waals surface area contributed by atoms with Gasteiger partial charge in [-0.1, -0.05) is 54.6 Å². The van der Waals surface area contributed by atoms with Gasteiger partial charge >= 0.3 is 0 Å². The largest absolute Gasteiger partial charge is 0.370 e. The Hall–Kier alpha value is -2.42. The number of aryl methyl sites for hydroxylation is 1. The predicted octanol–water partition coefficient (Wildman–Crippen LogP) is 2.06. The minimum absolute atomic E-state index is 0.0234. The van der Waals surface area contributed by atoms with Gasteiger partial charge in [0, 0.05) is 26.7 Å².